The molecule has 10 nitrogen and oxygen atoms in total. The lowest BCUT2D eigenvalue weighted by Crippen LogP contribution is -2.23. The maximum atomic E-state index is 12.6. The molecule has 1 aromatic carbocycles. The fourth-order valence-electron chi connectivity index (χ4n) is 4.05. The molecule has 42 heavy (non-hydrogen) atoms. The number of aryl methyl sites for hydroxylation is 1. The Morgan fingerprint density at radius 3 is 2.67 bits per heavy atom. The molecule has 1 unspecified atom stereocenters. The molecule has 0 aliphatic carbocycles. The van der Waals surface area contributed by atoms with Gasteiger partial charge < -0.3 is 19.5 Å². The maximum Gasteiger partial charge on any atom is 0.358 e. The molecule has 0 aliphatic heterocycles. The fraction of sp³-hybridized carbons (Fsp3) is 0.483. The highest BCUT2D eigenvalue weighted by Gasteiger charge is 2.23. The Hall–Kier alpha value is -2.97. The number of carbonyl (C=O) groups is 1. The van der Waals surface area contributed by atoms with Crippen LogP contribution in [0, 0.1) is 12.8 Å². The average molecular weight is 629 g/mol. The van der Waals surface area contributed by atoms with Gasteiger partial charge in [-0.25, -0.2) is 9.78 Å². The molecule has 1 N–H and O–H groups in total. The number of hydrogen-bond acceptors (Lipinski definition) is 11. The first kappa shape index (κ1) is 32.0. The summed E-state index contributed by atoms with van der Waals surface area (Å²) in [6.45, 7) is 14.1. The number of esters is 1. The van der Waals surface area contributed by atoms with Crippen molar-refractivity contribution < 1.29 is 19.4 Å². The minimum absolute atomic E-state index is 0.0119. The van der Waals surface area contributed by atoms with Gasteiger partial charge in [0, 0.05) is 33.2 Å². The van der Waals surface area contributed by atoms with E-state index < -0.39 is 14.0 Å². The number of para-hydroxylation sites is 1. The lowest BCUT2D eigenvalue weighted by atomic mass is 10.1. The van der Waals surface area contributed by atoms with Gasteiger partial charge in [-0.15, -0.1) is 21.5 Å². The summed E-state index contributed by atoms with van der Waals surface area (Å²) >= 11 is 2.98. The lowest BCUT2D eigenvalue weighted by molar-refractivity contribution is 0.0518. The molecule has 0 amide bonds. The smallest absolute Gasteiger partial charge is 0.358 e. The number of aliphatic hydroxyl groups is 1. The molecule has 226 valence electrons. The quantitative estimate of drug-likeness (QED) is 0.110. The number of fused-ring (bicyclic) bond motifs is 1. The number of aromatic nitrogens is 4. The second kappa shape index (κ2) is 14.0. The lowest BCUT2D eigenvalue weighted by Gasteiger charge is -2.16. The molecule has 4 rings (SSSR count). The van der Waals surface area contributed by atoms with Crippen molar-refractivity contribution >= 4 is 63.7 Å². The first-order valence-corrected chi connectivity index (χ1v) is 19.4. The highest BCUT2D eigenvalue weighted by atomic mass is 32.1. The molecule has 0 radical (unpaired) electrons. The van der Waals surface area contributed by atoms with E-state index in [-0.39, 0.29) is 24.8 Å². The first-order valence-electron chi connectivity index (χ1n) is 14.1. The summed E-state index contributed by atoms with van der Waals surface area (Å²) < 4.78 is 14.5. The summed E-state index contributed by atoms with van der Waals surface area (Å²) in [5.41, 5.74) is 2.21. The van der Waals surface area contributed by atoms with Crippen LogP contribution in [-0.4, -0.2) is 65.8 Å². The second-order valence-corrected chi connectivity index (χ2v) is 19.2. The summed E-state index contributed by atoms with van der Waals surface area (Å²) in [6.07, 6.45) is 0.524. The molecule has 1 atom stereocenters. The van der Waals surface area contributed by atoms with Gasteiger partial charge in [0.05, 0.1) is 16.8 Å². The van der Waals surface area contributed by atoms with Crippen molar-refractivity contribution in [3.8, 4) is 0 Å². The predicted octanol–water partition coefficient (Wildman–Crippen LogP) is 5.92. The van der Waals surface area contributed by atoms with Crippen LogP contribution in [0.5, 0.6) is 0 Å². The summed E-state index contributed by atoms with van der Waals surface area (Å²) in [6, 6.07) is 11.2. The average Bonchev–Trinajstić information content (AvgIpc) is 3.52. The summed E-state index contributed by atoms with van der Waals surface area (Å²) in [4.78, 5) is 25.4. The number of benzene rings is 1. The number of thiazole rings is 2. The van der Waals surface area contributed by atoms with Crippen molar-refractivity contribution in [2.75, 3.05) is 31.8 Å². The van der Waals surface area contributed by atoms with E-state index in [2.05, 4.69) is 51.5 Å². The minimum atomic E-state index is -1.19. The van der Waals surface area contributed by atoms with Crippen LogP contribution in [-0.2, 0) is 22.6 Å². The van der Waals surface area contributed by atoms with E-state index in [1.807, 2.05) is 39.1 Å². The van der Waals surface area contributed by atoms with Crippen LogP contribution < -0.4 is 9.70 Å². The molecule has 0 saturated carbocycles. The minimum Gasteiger partial charge on any atom is -0.461 e. The number of anilines is 2. The topological polar surface area (TPSA) is 115 Å². The van der Waals surface area contributed by atoms with Crippen LogP contribution in [0.4, 0.5) is 16.8 Å². The van der Waals surface area contributed by atoms with Gasteiger partial charge in [-0.2, -0.15) is 4.99 Å². The monoisotopic (exact) mass is 628 g/mol. The third-order valence-corrected chi connectivity index (χ3v) is 10.5. The zero-order valence-corrected chi connectivity index (χ0v) is 28.0. The predicted molar refractivity (Wildman–Crippen MR) is 172 cm³/mol. The van der Waals surface area contributed by atoms with Crippen LogP contribution in [0.3, 0.4) is 0 Å². The molecule has 0 bridgehead atoms. The van der Waals surface area contributed by atoms with E-state index in [4.69, 9.17) is 14.5 Å². The molecule has 0 spiro atoms. The highest BCUT2D eigenvalue weighted by Crippen LogP contribution is 2.32. The van der Waals surface area contributed by atoms with Gasteiger partial charge in [-0.1, -0.05) is 50.0 Å². The fourth-order valence-corrected chi connectivity index (χ4v) is 7.01. The Morgan fingerprint density at radius 1 is 1.21 bits per heavy atom. The maximum absolute atomic E-state index is 12.6. The second-order valence-electron chi connectivity index (χ2n) is 11.5. The molecule has 0 saturated heterocycles. The van der Waals surface area contributed by atoms with Gasteiger partial charge in [0.15, 0.2) is 27.3 Å². The Morgan fingerprint density at radius 2 is 1.98 bits per heavy atom. The first-order chi connectivity index (χ1) is 20.0. The van der Waals surface area contributed by atoms with E-state index >= 15 is 0 Å². The Bertz CT molecular complexity index is 1590. The molecular weight excluding hydrogens is 589 g/mol. The van der Waals surface area contributed by atoms with Crippen molar-refractivity contribution in [3.63, 3.8) is 0 Å². The normalized spacial score (nSPS) is 13.1. The van der Waals surface area contributed by atoms with Gasteiger partial charge in [0.2, 0.25) is 0 Å². The standard InChI is InChI=1S/C29H40N6O4S2Si/c1-8-39-27(37)25-23(15-19(2)17-36)41-28(30-25)34(4)24-16-20(3)26(33-32-24)31-29-35(18-38-13-14-42(5,6)7)21-11-9-10-12-22(21)40-29/h9-12,16,19,36H,8,13-15,17-18H2,1-7H3/b31-29-. The molecule has 3 aromatic heterocycles. The summed E-state index contributed by atoms with van der Waals surface area (Å²) in [7, 11) is 0.649. The van der Waals surface area contributed by atoms with Crippen molar-refractivity contribution in [3.05, 3.63) is 51.3 Å². The van der Waals surface area contributed by atoms with Crippen LogP contribution in [0.2, 0.25) is 25.7 Å². The molecule has 13 heteroatoms. The zero-order valence-electron chi connectivity index (χ0n) is 25.4. The van der Waals surface area contributed by atoms with Gasteiger partial charge in [-0.3, -0.25) is 4.57 Å². The molecule has 0 aliphatic rings. The molecular formula is C29H40N6O4S2Si. The van der Waals surface area contributed by atoms with Gasteiger partial charge >= 0.3 is 5.97 Å². The third kappa shape index (κ3) is 7.89. The van der Waals surface area contributed by atoms with Crippen molar-refractivity contribution in [1.29, 1.82) is 0 Å². The van der Waals surface area contributed by atoms with Crippen LogP contribution >= 0.6 is 22.7 Å². The van der Waals surface area contributed by atoms with E-state index in [0.29, 0.717) is 29.9 Å². The SMILES string of the molecule is CCOC(=O)c1nc(N(C)c2cc(C)c(/N=c3\sc4ccccc4n3COCC[Si](C)(C)C)nn2)sc1CC(C)CO. The Balaban J connectivity index is 1.63. The zero-order chi connectivity index (χ0) is 30.4. The summed E-state index contributed by atoms with van der Waals surface area (Å²) in [5.74, 6) is 0.628. The third-order valence-electron chi connectivity index (χ3n) is 6.58. The van der Waals surface area contributed by atoms with Crippen LogP contribution in [0.15, 0.2) is 35.3 Å². The van der Waals surface area contributed by atoms with E-state index in [1.54, 1.807) is 23.2 Å². The van der Waals surface area contributed by atoms with Crippen molar-refractivity contribution in [2.45, 2.75) is 59.6 Å². The summed E-state index contributed by atoms with van der Waals surface area (Å²) in [5, 5.41) is 19.1. The van der Waals surface area contributed by atoms with Gasteiger partial charge in [0.1, 0.15) is 6.73 Å². The van der Waals surface area contributed by atoms with E-state index in [0.717, 1.165) is 38.1 Å². The van der Waals surface area contributed by atoms with Crippen molar-refractivity contribution in [2.24, 2.45) is 10.9 Å². The van der Waals surface area contributed by atoms with Crippen LogP contribution in [0.25, 0.3) is 10.2 Å². The van der Waals surface area contributed by atoms with Crippen molar-refractivity contribution in [1.82, 2.24) is 19.7 Å². The molecule has 4 aromatic rings. The number of nitrogens with zero attached hydrogens (tertiary/aromatic N) is 6. The number of aliphatic hydroxyl groups excluding tert-OH is 1. The number of rotatable bonds is 13. The molecule has 3 heterocycles. The number of carbonyl (C=O) groups excluding carboxylic acids is 1. The van der Waals surface area contributed by atoms with Crippen LogP contribution in [0.1, 0.15) is 34.8 Å². The largest absolute Gasteiger partial charge is 0.461 e. The Kier molecular flexibility index (Phi) is 10.6. The molecule has 0 fully saturated rings. The van der Waals surface area contributed by atoms with E-state index in [9.17, 15) is 9.90 Å². The highest BCUT2D eigenvalue weighted by molar-refractivity contribution is 7.16. The Labute approximate surface area is 255 Å². The van der Waals surface area contributed by atoms with Gasteiger partial charge in [-0.05, 0) is 56.0 Å². The number of ether oxygens (including phenoxy) is 2. The number of hydrogen-bond donors (Lipinski definition) is 1. The van der Waals surface area contributed by atoms with E-state index in [1.165, 1.54) is 11.3 Å². The van der Waals surface area contributed by atoms with Gasteiger partial charge in [0.25, 0.3) is 0 Å².